The van der Waals surface area contributed by atoms with E-state index in [2.05, 4.69) is 22.1 Å². The molecule has 1 heterocycles. The van der Waals surface area contributed by atoms with E-state index in [1.165, 1.54) is 0 Å². The molecular formula is C13H13N3. The summed E-state index contributed by atoms with van der Waals surface area (Å²) in [6, 6.07) is 13.9. The minimum absolute atomic E-state index is 0.694. The summed E-state index contributed by atoms with van der Waals surface area (Å²) in [5.74, 6) is 0.764. The molecule has 1 aromatic heterocycles. The van der Waals surface area contributed by atoms with Crippen molar-refractivity contribution in [2.75, 3.05) is 11.9 Å². The number of anilines is 1. The maximum absolute atomic E-state index is 4.16. The van der Waals surface area contributed by atoms with Gasteiger partial charge in [-0.05, 0) is 12.1 Å². The van der Waals surface area contributed by atoms with E-state index in [1.807, 2.05) is 42.5 Å². The molecule has 0 atom stereocenters. The van der Waals surface area contributed by atoms with Gasteiger partial charge in [-0.15, -0.1) is 16.8 Å². The van der Waals surface area contributed by atoms with Crippen LogP contribution in [0.4, 0.5) is 5.82 Å². The molecule has 0 saturated heterocycles. The molecule has 3 nitrogen and oxygen atoms in total. The third-order valence-corrected chi connectivity index (χ3v) is 2.16. The summed E-state index contributed by atoms with van der Waals surface area (Å²) < 4.78 is 0. The highest BCUT2D eigenvalue weighted by atomic mass is 15.2. The van der Waals surface area contributed by atoms with E-state index in [9.17, 15) is 0 Å². The summed E-state index contributed by atoms with van der Waals surface area (Å²) in [6.45, 7) is 4.32. The number of hydrogen-bond donors (Lipinski definition) is 1. The fourth-order valence-corrected chi connectivity index (χ4v) is 1.37. The molecule has 2 rings (SSSR count). The highest BCUT2D eigenvalue weighted by Gasteiger charge is 1.98. The van der Waals surface area contributed by atoms with Crippen LogP contribution in [0, 0.1) is 0 Å². The van der Waals surface area contributed by atoms with Crippen LogP contribution in [0.3, 0.4) is 0 Å². The molecule has 0 spiro atoms. The summed E-state index contributed by atoms with van der Waals surface area (Å²) in [7, 11) is 0. The Morgan fingerprint density at radius 2 is 1.88 bits per heavy atom. The van der Waals surface area contributed by atoms with Gasteiger partial charge >= 0.3 is 0 Å². The van der Waals surface area contributed by atoms with Crippen molar-refractivity contribution in [1.82, 2.24) is 10.2 Å². The topological polar surface area (TPSA) is 37.8 Å². The molecule has 0 amide bonds. The summed E-state index contributed by atoms with van der Waals surface area (Å²) in [5, 5.41) is 11.3. The van der Waals surface area contributed by atoms with Crippen molar-refractivity contribution in [3.8, 4) is 11.3 Å². The van der Waals surface area contributed by atoms with Crippen molar-refractivity contribution in [3.63, 3.8) is 0 Å². The lowest BCUT2D eigenvalue weighted by atomic mass is 10.1. The number of rotatable bonds is 4. The normalized spacial score (nSPS) is 9.75. The van der Waals surface area contributed by atoms with E-state index in [1.54, 1.807) is 6.08 Å². The lowest BCUT2D eigenvalue weighted by Gasteiger charge is -2.02. The SMILES string of the molecule is C=CCNc1ccc(-c2ccccc2)nn1. The molecule has 16 heavy (non-hydrogen) atoms. The molecule has 0 radical (unpaired) electrons. The summed E-state index contributed by atoms with van der Waals surface area (Å²) in [4.78, 5) is 0. The number of aromatic nitrogens is 2. The Morgan fingerprint density at radius 3 is 2.50 bits per heavy atom. The predicted molar refractivity (Wildman–Crippen MR) is 66.2 cm³/mol. The van der Waals surface area contributed by atoms with Gasteiger partial charge in [0.2, 0.25) is 0 Å². The Labute approximate surface area is 94.9 Å². The van der Waals surface area contributed by atoms with Gasteiger partial charge in [0.1, 0.15) is 5.82 Å². The van der Waals surface area contributed by atoms with Gasteiger partial charge in [-0.25, -0.2) is 0 Å². The van der Waals surface area contributed by atoms with Gasteiger partial charge in [-0.3, -0.25) is 0 Å². The smallest absolute Gasteiger partial charge is 0.148 e. The number of hydrogen-bond acceptors (Lipinski definition) is 3. The van der Waals surface area contributed by atoms with Crippen LogP contribution in [0.15, 0.2) is 55.1 Å². The monoisotopic (exact) mass is 211 g/mol. The molecule has 0 aliphatic rings. The van der Waals surface area contributed by atoms with Crippen LogP contribution < -0.4 is 5.32 Å². The standard InChI is InChI=1S/C13H13N3/c1-2-10-14-13-9-8-12(15-16-13)11-6-4-3-5-7-11/h2-9H,1,10H2,(H,14,16). The minimum atomic E-state index is 0.694. The highest BCUT2D eigenvalue weighted by Crippen LogP contribution is 2.15. The Kier molecular flexibility index (Phi) is 3.28. The molecule has 80 valence electrons. The van der Waals surface area contributed by atoms with Crippen LogP contribution in [-0.4, -0.2) is 16.7 Å². The molecule has 0 unspecified atom stereocenters. The van der Waals surface area contributed by atoms with Crippen molar-refractivity contribution in [1.29, 1.82) is 0 Å². The average Bonchev–Trinajstić information content (AvgIpc) is 2.38. The zero-order valence-electron chi connectivity index (χ0n) is 8.93. The summed E-state index contributed by atoms with van der Waals surface area (Å²) in [5.41, 5.74) is 1.95. The first-order chi connectivity index (χ1) is 7.90. The fourth-order valence-electron chi connectivity index (χ4n) is 1.37. The van der Waals surface area contributed by atoms with Gasteiger partial charge in [0, 0.05) is 12.1 Å². The van der Waals surface area contributed by atoms with E-state index in [0.717, 1.165) is 17.1 Å². The fraction of sp³-hybridized carbons (Fsp3) is 0.0769. The quantitative estimate of drug-likeness (QED) is 0.790. The highest BCUT2D eigenvalue weighted by molar-refractivity contribution is 5.59. The van der Waals surface area contributed by atoms with Crippen LogP contribution in [0.1, 0.15) is 0 Å². The third-order valence-electron chi connectivity index (χ3n) is 2.16. The van der Waals surface area contributed by atoms with Crippen LogP contribution in [-0.2, 0) is 0 Å². The number of nitrogens with zero attached hydrogens (tertiary/aromatic N) is 2. The zero-order valence-corrected chi connectivity index (χ0v) is 8.93. The van der Waals surface area contributed by atoms with Crippen LogP contribution in [0.25, 0.3) is 11.3 Å². The van der Waals surface area contributed by atoms with Crippen molar-refractivity contribution < 1.29 is 0 Å². The van der Waals surface area contributed by atoms with Crippen molar-refractivity contribution in [3.05, 3.63) is 55.1 Å². The van der Waals surface area contributed by atoms with E-state index in [0.29, 0.717) is 6.54 Å². The predicted octanol–water partition coefficient (Wildman–Crippen LogP) is 2.74. The maximum atomic E-state index is 4.16. The first kappa shape index (κ1) is 10.4. The Balaban J connectivity index is 2.16. The van der Waals surface area contributed by atoms with Crippen LogP contribution in [0.2, 0.25) is 0 Å². The van der Waals surface area contributed by atoms with Crippen molar-refractivity contribution >= 4 is 5.82 Å². The second kappa shape index (κ2) is 5.07. The molecule has 0 aliphatic heterocycles. The van der Waals surface area contributed by atoms with E-state index < -0.39 is 0 Å². The second-order valence-corrected chi connectivity index (χ2v) is 3.34. The number of nitrogens with one attached hydrogen (secondary N) is 1. The number of benzene rings is 1. The van der Waals surface area contributed by atoms with Crippen LogP contribution in [0.5, 0.6) is 0 Å². The molecule has 0 saturated carbocycles. The lowest BCUT2D eigenvalue weighted by molar-refractivity contribution is 1.03. The molecule has 3 heteroatoms. The van der Waals surface area contributed by atoms with E-state index in [4.69, 9.17) is 0 Å². The second-order valence-electron chi connectivity index (χ2n) is 3.34. The molecule has 2 aromatic rings. The van der Waals surface area contributed by atoms with Gasteiger partial charge in [0.05, 0.1) is 5.69 Å². The Bertz CT molecular complexity index is 448. The average molecular weight is 211 g/mol. The lowest BCUT2D eigenvalue weighted by Crippen LogP contribution is -2.01. The molecular weight excluding hydrogens is 198 g/mol. The molecule has 0 bridgehead atoms. The van der Waals surface area contributed by atoms with E-state index in [-0.39, 0.29) is 0 Å². The maximum Gasteiger partial charge on any atom is 0.148 e. The Morgan fingerprint density at radius 1 is 1.06 bits per heavy atom. The largest absolute Gasteiger partial charge is 0.365 e. The summed E-state index contributed by atoms with van der Waals surface area (Å²) >= 11 is 0. The van der Waals surface area contributed by atoms with E-state index >= 15 is 0 Å². The molecule has 1 aromatic carbocycles. The van der Waals surface area contributed by atoms with Gasteiger partial charge < -0.3 is 5.32 Å². The molecule has 1 N–H and O–H groups in total. The third kappa shape index (κ3) is 2.45. The van der Waals surface area contributed by atoms with Gasteiger partial charge in [-0.1, -0.05) is 36.4 Å². The zero-order chi connectivity index (χ0) is 11.2. The Hall–Kier alpha value is -2.16. The minimum Gasteiger partial charge on any atom is -0.365 e. The van der Waals surface area contributed by atoms with Gasteiger partial charge in [-0.2, -0.15) is 0 Å². The summed E-state index contributed by atoms with van der Waals surface area (Å²) in [6.07, 6.45) is 1.78. The first-order valence-electron chi connectivity index (χ1n) is 5.14. The van der Waals surface area contributed by atoms with Gasteiger partial charge in [0.25, 0.3) is 0 Å². The van der Waals surface area contributed by atoms with Crippen molar-refractivity contribution in [2.24, 2.45) is 0 Å². The van der Waals surface area contributed by atoms with Crippen LogP contribution >= 0.6 is 0 Å². The molecule has 0 fully saturated rings. The first-order valence-corrected chi connectivity index (χ1v) is 5.14. The van der Waals surface area contributed by atoms with Crippen molar-refractivity contribution in [2.45, 2.75) is 0 Å². The van der Waals surface area contributed by atoms with Gasteiger partial charge in [0.15, 0.2) is 0 Å². The molecule has 0 aliphatic carbocycles.